The van der Waals surface area contributed by atoms with Gasteiger partial charge in [0.25, 0.3) is 0 Å². The minimum absolute atomic E-state index is 0.0796. The molecule has 0 aliphatic carbocycles. The van der Waals surface area contributed by atoms with Crippen molar-refractivity contribution < 1.29 is 22.7 Å². The van der Waals surface area contributed by atoms with Crippen LogP contribution >= 0.6 is 11.6 Å². The Morgan fingerprint density at radius 1 is 1.38 bits per heavy atom. The molecular formula is C15H21ClN2O5S. The number of nitrogens with one attached hydrogen (secondary N) is 2. The molecule has 2 N–H and O–H groups in total. The van der Waals surface area contributed by atoms with Gasteiger partial charge >= 0.3 is 5.97 Å². The summed E-state index contributed by atoms with van der Waals surface area (Å²) in [6.45, 7) is 1.40. The van der Waals surface area contributed by atoms with Crippen LogP contribution in [0.15, 0.2) is 23.1 Å². The van der Waals surface area contributed by atoms with Crippen LogP contribution in [0.25, 0.3) is 0 Å². The van der Waals surface area contributed by atoms with Gasteiger partial charge in [-0.1, -0.05) is 11.6 Å². The molecule has 1 saturated heterocycles. The summed E-state index contributed by atoms with van der Waals surface area (Å²) in [5.74, 6) is -0.651. The van der Waals surface area contributed by atoms with Gasteiger partial charge in [0.1, 0.15) is 0 Å². The molecule has 1 aromatic carbocycles. The number of ether oxygens (including phenoxy) is 2. The third-order valence-electron chi connectivity index (χ3n) is 3.96. The van der Waals surface area contributed by atoms with Crippen LogP contribution in [-0.4, -0.2) is 53.8 Å². The highest BCUT2D eigenvalue weighted by Crippen LogP contribution is 2.22. The van der Waals surface area contributed by atoms with E-state index in [4.69, 9.17) is 16.3 Å². The van der Waals surface area contributed by atoms with Crippen molar-refractivity contribution in [3.63, 3.8) is 0 Å². The Kier molecular flexibility index (Phi) is 6.22. The molecule has 1 heterocycles. The van der Waals surface area contributed by atoms with E-state index in [0.29, 0.717) is 6.61 Å². The normalized spacial score (nSPS) is 21.0. The van der Waals surface area contributed by atoms with Crippen molar-refractivity contribution >= 4 is 27.6 Å². The lowest BCUT2D eigenvalue weighted by atomic mass is 9.99. The van der Waals surface area contributed by atoms with Gasteiger partial charge in [-0.2, -0.15) is 0 Å². The van der Waals surface area contributed by atoms with E-state index in [0.717, 1.165) is 19.4 Å². The van der Waals surface area contributed by atoms with Gasteiger partial charge in [0, 0.05) is 18.7 Å². The topological polar surface area (TPSA) is 93.7 Å². The number of hydrogen-bond donors (Lipinski definition) is 2. The molecule has 9 heteroatoms. The molecule has 7 nitrogen and oxygen atoms in total. The SMILES string of the molecule is COCC1(CNS(=O)(=O)c2cc(Cl)cc(C(=O)OC)c2)CCCN1. The molecular weight excluding hydrogens is 356 g/mol. The fourth-order valence-corrected chi connectivity index (χ4v) is 4.24. The predicted molar refractivity (Wildman–Crippen MR) is 89.8 cm³/mol. The van der Waals surface area contributed by atoms with Crippen molar-refractivity contribution in [2.75, 3.05) is 33.9 Å². The summed E-state index contributed by atoms with van der Waals surface area (Å²) < 4.78 is 37.5. The maximum Gasteiger partial charge on any atom is 0.337 e. The number of halogens is 1. The minimum atomic E-state index is -3.83. The number of rotatable bonds is 7. The zero-order valence-corrected chi connectivity index (χ0v) is 15.2. The van der Waals surface area contributed by atoms with Crippen molar-refractivity contribution in [3.8, 4) is 0 Å². The molecule has 24 heavy (non-hydrogen) atoms. The summed E-state index contributed by atoms with van der Waals surface area (Å²) in [5, 5.41) is 3.44. The minimum Gasteiger partial charge on any atom is -0.465 e. The van der Waals surface area contributed by atoms with Crippen LogP contribution in [0, 0.1) is 0 Å². The monoisotopic (exact) mass is 376 g/mol. The number of carbonyl (C=O) groups excluding carboxylic acids is 1. The highest BCUT2D eigenvalue weighted by Gasteiger charge is 2.35. The van der Waals surface area contributed by atoms with Crippen LogP contribution in [0.3, 0.4) is 0 Å². The molecule has 0 spiro atoms. The standard InChI is InChI=1S/C15H21ClN2O5S/c1-22-10-15(4-3-5-17-15)9-18-24(20,21)13-7-11(14(19)23-2)6-12(16)8-13/h6-8,17-18H,3-5,9-10H2,1-2H3. The highest BCUT2D eigenvalue weighted by molar-refractivity contribution is 7.89. The second kappa shape index (κ2) is 7.79. The number of benzene rings is 1. The first-order valence-electron chi connectivity index (χ1n) is 7.44. The van der Waals surface area contributed by atoms with E-state index in [1.54, 1.807) is 7.11 Å². The van der Waals surface area contributed by atoms with Gasteiger partial charge in [-0.3, -0.25) is 0 Å². The van der Waals surface area contributed by atoms with Crippen LogP contribution < -0.4 is 10.0 Å². The van der Waals surface area contributed by atoms with Gasteiger partial charge in [-0.15, -0.1) is 0 Å². The smallest absolute Gasteiger partial charge is 0.337 e. The van der Waals surface area contributed by atoms with Crippen molar-refractivity contribution in [2.45, 2.75) is 23.3 Å². The number of carbonyl (C=O) groups is 1. The molecule has 0 saturated carbocycles. The van der Waals surface area contributed by atoms with Crippen molar-refractivity contribution in [1.82, 2.24) is 10.0 Å². The van der Waals surface area contributed by atoms with Gasteiger partial charge < -0.3 is 14.8 Å². The Bertz CT molecular complexity index is 702. The van der Waals surface area contributed by atoms with Crippen molar-refractivity contribution in [3.05, 3.63) is 28.8 Å². The lowest BCUT2D eigenvalue weighted by Crippen LogP contribution is -2.52. The van der Waals surface area contributed by atoms with Gasteiger partial charge in [-0.25, -0.2) is 17.9 Å². The Hall–Kier alpha value is -1.19. The van der Waals surface area contributed by atoms with Gasteiger partial charge in [-0.05, 0) is 37.6 Å². The molecule has 2 rings (SSSR count). The Morgan fingerprint density at radius 2 is 2.12 bits per heavy atom. The van der Waals surface area contributed by atoms with Crippen molar-refractivity contribution in [1.29, 1.82) is 0 Å². The third kappa shape index (κ3) is 4.46. The first kappa shape index (κ1) is 19.1. The molecule has 0 aromatic heterocycles. The van der Waals surface area contributed by atoms with E-state index in [2.05, 4.69) is 14.8 Å². The summed E-state index contributed by atoms with van der Waals surface area (Å²) in [6.07, 6.45) is 1.76. The van der Waals surface area contributed by atoms with Crippen LogP contribution in [0.4, 0.5) is 0 Å². The first-order chi connectivity index (χ1) is 11.3. The summed E-state index contributed by atoms with van der Waals surface area (Å²) >= 11 is 5.93. The molecule has 1 fully saturated rings. The van der Waals surface area contributed by atoms with E-state index in [1.807, 2.05) is 0 Å². The van der Waals surface area contributed by atoms with E-state index in [-0.39, 0.29) is 22.0 Å². The van der Waals surface area contributed by atoms with Crippen LogP contribution in [-0.2, 0) is 19.5 Å². The first-order valence-corrected chi connectivity index (χ1v) is 9.30. The zero-order valence-electron chi connectivity index (χ0n) is 13.6. The molecule has 0 amide bonds. The van der Waals surface area contributed by atoms with E-state index in [1.165, 1.54) is 25.3 Å². The molecule has 1 atom stereocenters. The molecule has 0 bridgehead atoms. The van der Waals surface area contributed by atoms with Crippen LogP contribution in [0.1, 0.15) is 23.2 Å². The molecule has 1 aliphatic heterocycles. The molecule has 134 valence electrons. The van der Waals surface area contributed by atoms with E-state index in [9.17, 15) is 13.2 Å². The number of methoxy groups -OCH3 is 2. The quantitative estimate of drug-likeness (QED) is 0.694. The fraction of sp³-hybridized carbons (Fsp3) is 0.533. The summed E-state index contributed by atoms with van der Waals surface area (Å²) in [6, 6.07) is 3.89. The predicted octanol–water partition coefficient (Wildman–Crippen LogP) is 1.17. The summed E-state index contributed by atoms with van der Waals surface area (Å²) in [5.41, 5.74) is -0.345. The van der Waals surface area contributed by atoms with E-state index < -0.39 is 21.5 Å². The Balaban J connectivity index is 2.21. The van der Waals surface area contributed by atoms with Crippen LogP contribution in [0.2, 0.25) is 5.02 Å². The number of hydrogen-bond acceptors (Lipinski definition) is 6. The second-order valence-corrected chi connectivity index (χ2v) is 7.94. The van der Waals surface area contributed by atoms with Gasteiger partial charge in [0.15, 0.2) is 0 Å². The maximum absolute atomic E-state index is 12.6. The fourth-order valence-electron chi connectivity index (χ4n) is 2.74. The average molecular weight is 377 g/mol. The number of esters is 1. The Morgan fingerprint density at radius 3 is 2.71 bits per heavy atom. The molecule has 0 radical (unpaired) electrons. The lowest BCUT2D eigenvalue weighted by molar-refractivity contribution is 0.0600. The lowest BCUT2D eigenvalue weighted by Gasteiger charge is -2.28. The third-order valence-corrected chi connectivity index (χ3v) is 5.55. The van der Waals surface area contributed by atoms with Gasteiger partial charge in [0.05, 0.1) is 29.7 Å². The largest absolute Gasteiger partial charge is 0.465 e. The summed E-state index contributed by atoms with van der Waals surface area (Å²) in [4.78, 5) is 11.5. The average Bonchev–Trinajstić information content (AvgIpc) is 3.01. The van der Waals surface area contributed by atoms with E-state index >= 15 is 0 Å². The molecule has 1 unspecified atom stereocenters. The number of sulfonamides is 1. The maximum atomic E-state index is 12.6. The van der Waals surface area contributed by atoms with Gasteiger partial charge in [0.2, 0.25) is 10.0 Å². The Labute approximate surface area is 146 Å². The zero-order chi connectivity index (χ0) is 17.8. The van der Waals surface area contributed by atoms with Crippen molar-refractivity contribution in [2.24, 2.45) is 0 Å². The summed E-state index contributed by atoms with van der Waals surface area (Å²) in [7, 11) is -1.03. The highest BCUT2D eigenvalue weighted by atomic mass is 35.5. The second-order valence-electron chi connectivity index (χ2n) is 5.74. The molecule has 1 aromatic rings. The molecule has 1 aliphatic rings. The van der Waals surface area contributed by atoms with Crippen LogP contribution in [0.5, 0.6) is 0 Å².